The van der Waals surface area contributed by atoms with Crippen molar-refractivity contribution in [1.29, 1.82) is 0 Å². The summed E-state index contributed by atoms with van der Waals surface area (Å²) in [6.45, 7) is 4.27. The third-order valence-electron chi connectivity index (χ3n) is 3.08. The highest BCUT2D eigenvalue weighted by Crippen LogP contribution is 2.16. The Bertz CT molecular complexity index is 677. The van der Waals surface area contributed by atoms with Gasteiger partial charge in [0.25, 0.3) is 0 Å². The zero-order valence-corrected chi connectivity index (χ0v) is 12.0. The number of carboxylic acids is 1. The van der Waals surface area contributed by atoms with E-state index in [-0.39, 0.29) is 18.0 Å². The second kappa shape index (κ2) is 6.21. The molecule has 110 valence electrons. The van der Waals surface area contributed by atoms with Crippen LogP contribution in [-0.2, 0) is 11.3 Å². The van der Waals surface area contributed by atoms with Crippen molar-refractivity contribution < 1.29 is 14.7 Å². The number of carbonyl (C=O) groups is 2. The molecule has 21 heavy (non-hydrogen) atoms. The van der Waals surface area contributed by atoms with Gasteiger partial charge in [-0.2, -0.15) is 5.10 Å². The minimum Gasteiger partial charge on any atom is -0.476 e. The van der Waals surface area contributed by atoms with Gasteiger partial charge in [-0.25, -0.2) is 4.79 Å². The van der Waals surface area contributed by atoms with Crippen molar-refractivity contribution in [2.45, 2.75) is 26.8 Å². The molecule has 0 unspecified atom stereocenters. The molecule has 1 amide bonds. The highest BCUT2D eigenvalue weighted by Gasteiger charge is 2.09. The molecule has 0 aliphatic carbocycles. The van der Waals surface area contributed by atoms with Gasteiger partial charge in [0.05, 0.1) is 0 Å². The summed E-state index contributed by atoms with van der Waals surface area (Å²) in [7, 11) is 0. The van der Waals surface area contributed by atoms with Crippen LogP contribution in [0, 0.1) is 13.8 Å². The molecule has 0 aliphatic heterocycles. The van der Waals surface area contributed by atoms with E-state index in [0.29, 0.717) is 6.54 Å². The van der Waals surface area contributed by atoms with Crippen LogP contribution < -0.4 is 5.32 Å². The first-order valence-corrected chi connectivity index (χ1v) is 6.59. The molecular weight excluding hydrogens is 270 g/mol. The first kappa shape index (κ1) is 14.8. The molecule has 1 aromatic heterocycles. The Kier molecular flexibility index (Phi) is 4.37. The van der Waals surface area contributed by atoms with Crippen molar-refractivity contribution in [2.75, 3.05) is 5.32 Å². The van der Waals surface area contributed by atoms with Crippen molar-refractivity contribution in [3.63, 3.8) is 0 Å². The van der Waals surface area contributed by atoms with Crippen molar-refractivity contribution in [2.24, 2.45) is 0 Å². The summed E-state index contributed by atoms with van der Waals surface area (Å²) in [5.41, 5.74) is 2.92. The van der Waals surface area contributed by atoms with Gasteiger partial charge >= 0.3 is 5.97 Å². The van der Waals surface area contributed by atoms with E-state index < -0.39 is 5.97 Å². The Morgan fingerprint density at radius 2 is 2.05 bits per heavy atom. The van der Waals surface area contributed by atoms with Crippen LogP contribution in [0.25, 0.3) is 0 Å². The van der Waals surface area contributed by atoms with Gasteiger partial charge in [-0.15, -0.1) is 0 Å². The number of nitrogens with one attached hydrogen (secondary N) is 1. The molecule has 0 spiro atoms. The fourth-order valence-electron chi connectivity index (χ4n) is 1.98. The largest absolute Gasteiger partial charge is 0.476 e. The predicted octanol–water partition coefficient (Wildman–Crippen LogP) is 2.23. The average molecular weight is 287 g/mol. The number of amides is 1. The molecule has 6 nitrogen and oxygen atoms in total. The minimum absolute atomic E-state index is 0.0233. The van der Waals surface area contributed by atoms with Crippen LogP contribution in [0.3, 0.4) is 0 Å². The number of carboxylic acid groups (broad SMARTS) is 1. The average Bonchev–Trinajstić information content (AvgIpc) is 2.89. The number of aryl methyl sites for hydroxylation is 3. The molecule has 0 fully saturated rings. The highest BCUT2D eigenvalue weighted by atomic mass is 16.4. The van der Waals surface area contributed by atoms with Crippen LogP contribution in [0.4, 0.5) is 5.69 Å². The molecule has 2 aromatic rings. The summed E-state index contributed by atoms with van der Waals surface area (Å²) < 4.78 is 1.45. The van der Waals surface area contributed by atoms with Crippen LogP contribution in [0.5, 0.6) is 0 Å². The molecule has 0 radical (unpaired) electrons. The number of benzene rings is 1. The predicted molar refractivity (Wildman–Crippen MR) is 78.3 cm³/mol. The van der Waals surface area contributed by atoms with Crippen LogP contribution in [0.2, 0.25) is 0 Å². The van der Waals surface area contributed by atoms with Gasteiger partial charge in [0.2, 0.25) is 5.91 Å². The Morgan fingerprint density at radius 3 is 2.67 bits per heavy atom. The summed E-state index contributed by atoms with van der Waals surface area (Å²) >= 11 is 0. The summed E-state index contributed by atoms with van der Waals surface area (Å²) in [5.74, 6) is -1.21. The highest BCUT2D eigenvalue weighted by molar-refractivity contribution is 5.91. The molecular formula is C15H17N3O3. The smallest absolute Gasteiger partial charge is 0.356 e. The van der Waals surface area contributed by atoms with Gasteiger partial charge < -0.3 is 10.4 Å². The van der Waals surface area contributed by atoms with Gasteiger partial charge in [0.1, 0.15) is 0 Å². The second-order valence-corrected chi connectivity index (χ2v) is 4.89. The van der Waals surface area contributed by atoms with Crippen molar-refractivity contribution >= 4 is 17.6 Å². The molecule has 1 heterocycles. The Morgan fingerprint density at radius 1 is 1.29 bits per heavy atom. The van der Waals surface area contributed by atoms with E-state index in [1.807, 2.05) is 32.0 Å². The van der Waals surface area contributed by atoms with Gasteiger partial charge in [0, 0.05) is 24.8 Å². The van der Waals surface area contributed by atoms with Crippen molar-refractivity contribution in [3.8, 4) is 0 Å². The summed E-state index contributed by atoms with van der Waals surface area (Å²) in [6, 6.07) is 7.22. The van der Waals surface area contributed by atoms with Crippen LogP contribution in [0.15, 0.2) is 30.5 Å². The fourth-order valence-corrected chi connectivity index (χ4v) is 1.98. The van der Waals surface area contributed by atoms with E-state index in [2.05, 4.69) is 10.4 Å². The zero-order valence-electron chi connectivity index (χ0n) is 12.0. The molecule has 0 saturated carbocycles. The molecule has 0 atom stereocenters. The molecule has 0 bridgehead atoms. The summed E-state index contributed by atoms with van der Waals surface area (Å²) in [4.78, 5) is 22.6. The maximum atomic E-state index is 11.9. The quantitative estimate of drug-likeness (QED) is 0.883. The number of aromatic carboxylic acids is 1. The molecule has 6 heteroatoms. The third kappa shape index (κ3) is 3.92. The van der Waals surface area contributed by atoms with Crippen molar-refractivity contribution in [1.82, 2.24) is 9.78 Å². The van der Waals surface area contributed by atoms with Crippen LogP contribution in [-0.4, -0.2) is 26.8 Å². The van der Waals surface area contributed by atoms with Crippen molar-refractivity contribution in [3.05, 3.63) is 47.3 Å². The van der Waals surface area contributed by atoms with Gasteiger partial charge in [-0.05, 0) is 31.5 Å². The van der Waals surface area contributed by atoms with E-state index in [1.165, 1.54) is 10.7 Å². The number of hydrogen-bond donors (Lipinski definition) is 2. The van der Waals surface area contributed by atoms with Crippen LogP contribution >= 0.6 is 0 Å². The number of anilines is 1. The molecule has 1 aromatic carbocycles. The summed E-state index contributed by atoms with van der Waals surface area (Å²) in [5, 5.41) is 15.5. The molecule has 2 N–H and O–H groups in total. The van der Waals surface area contributed by atoms with E-state index in [9.17, 15) is 9.59 Å². The van der Waals surface area contributed by atoms with Gasteiger partial charge in [-0.1, -0.05) is 17.7 Å². The fraction of sp³-hybridized carbons (Fsp3) is 0.267. The monoisotopic (exact) mass is 287 g/mol. The standard InChI is InChI=1S/C15H17N3O3/c1-10-3-4-12(11(2)9-10)16-14(19)6-8-18-7-5-13(17-18)15(20)21/h3-5,7,9H,6,8H2,1-2H3,(H,16,19)(H,20,21). The first-order chi connectivity index (χ1) is 9.95. The third-order valence-corrected chi connectivity index (χ3v) is 3.08. The van der Waals surface area contributed by atoms with E-state index >= 15 is 0 Å². The molecule has 0 saturated heterocycles. The molecule has 0 aliphatic rings. The number of hydrogen-bond acceptors (Lipinski definition) is 3. The Labute approximate surface area is 122 Å². The molecule has 2 rings (SSSR count). The number of carbonyl (C=O) groups excluding carboxylic acids is 1. The maximum Gasteiger partial charge on any atom is 0.356 e. The zero-order chi connectivity index (χ0) is 15.4. The lowest BCUT2D eigenvalue weighted by molar-refractivity contribution is -0.116. The van der Waals surface area contributed by atoms with Crippen LogP contribution in [0.1, 0.15) is 28.0 Å². The second-order valence-electron chi connectivity index (χ2n) is 4.89. The normalized spacial score (nSPS) is 10.4. The summed E-state index contributed by atoms with van der Waals surface area (Å²) in [6.07, 6.45) is 1.78. The van der Waals surface area contributed by atoms with Gasteiger partial charge in [0.15, 0.2) is 5.69 Å². The van der Waals surface area contributed by atoms with Gasteiger partial charge in [-0.3, -0.25) is 9.48 Å². The van der Waals surface area contributed by atoms with E-state index in [1.54, 1.807) is 6.20 Å². The topological polar surface area (TPSA) is 84.2 Å². The number of nitrogens with zero attached hydrogens (tertiary/aromatic N) is 2. The SMILES string of the molecule is Cc1ccc(NC(=O)CCn2ccc(C(=O)O)n2)c(C)c1. The maximum absolute atomic E-state index is 11.9. The lowest BCUT2D eigenvalue weighted by Crippen LogP contribution is -2.15. The number of rotatable bonds is 5. The first-order valence-electron chi connectivity index (χ1n) is 6.59. The van der Waals surface area contributed by atoms with E-state index in [0.717, 1.165) is 16.8 Å². The lowest BCUT2D eigenvalue weighted by atomic mass is 10.1. The lowest BCUT2D eigenvalue weighted by Gasteiger charge is -2.09. The Balaban J connectivity index is 1.91. The Hall–Kier alpha value is -2.63. The number of aromatic nitrogens is 2. The minimum atomic E-state index is -1.08. The van der Waals surface area contributed by atoms with E-state index in [4.69, 9.17) is 5.11 Å².